The molecule has 0 bridgehead atoms. The lowest BCUT2D eigenvalue weighted by Gasteiger charge is -2.27. The monoisotopic (exact) mass is 213 g/mol. The molecule has 1 N–H and O–H groups in total. The van der Waals surface area contributed by atoms with Gasteiger partial charge in [0, 0.05) is 17.9 Å². The Kier molecular flexibility index (Phi) is 2.60. The number of aliphatic hydroxyl groups is 1. The highest BCUT2D eigenvalue weighted by molar-refractivity contribution is 7.09. The van der Waals surface area contributed by atoms with Crippen molar-refractivity contribution in [1.82, 2.24) is 4.98 Å². The molecule has 1 aliphatic rings. The van der Waals surface area contributed by atoms with Gasteiger partial charge >= 0.3 is 0 Å². The number of thiazole rings is 1. The minimum atomic E-state index is -0.832. The molecule has 3 nitrogen and oxygen atoms in total. The van der Waals surface area contributed by atoms with Crippen molar-refractivity contribution < 1.29 is 9.84 Å². The maximum absolute atomic E-state index is 10.4. The third kappa shape index (κ3) is 1.69. The van der Waals surface area contributed by atoms with Crippen LogP contribution in [-0.4, -0.2) is 23.3 Å². The number of hydrogen-bond acceptors (Lipinski definition) is 4. The average Bonchev–Trinajstić information content (AvgIpc) is 2.72. The van der Waals surface area contributed by atoms with Gasteiger partial charge in [0.2, 0.25) is 0 Å². The van der Waals surface area contributed by atoms with Gasteiger partial charge in [0.15, 0.2) is 0 Å². The fraction of sp³-hybridized carbons (Fsp3) is 0.700. The molecule has 0 amide bonds. The number of ether oxygens (including phenoxy) is 1. The maximum Gasteiger partial charge on any atom is 0.110 e. The van der Waals surface area contributed by atoms with Crippen LogP contribution in [-0.2, 0) is 10.3 Å². The van der Waals surface area contributed by atoms with Gasteiger partial charge in [-0.2, -0.15) is 0 Å². The molecule has 1 aromatic rings. The minimum absolute atomic E-state index is 0.184. The summed E-state index contributed by atoms with van der Waals surface area (Å²) in [6, 6.07) is 0. The van der Waals surface area contributed by atoms with Gasteiger partial charge in [0.05, 0.1) is 17.3 Å². The first-order chi connectivity index (χ1) is 6.60. The highest BCUT2D eigenvalue weighted by atomic mass is 32.1. The molecule has 0 aliphatic carbocycles. The highest BCUT2D eigenvalue weighted by Crippen LogP contribution is 2.34. The van der Waals surface area contributed by atoms with E-state index in [0.29, 0.717) is 6.61 Å². The largest absolute Gasteiger partial charge is 0.383 e. The molecule has 0 spiro atoms. The van der Waals surface area contributed by atoms with Crippen LogP contribution in [0.25, 0.3) is 0 Å². The van der Waals surface area contributed by atoms with E-state index in [-0.39, 0.29) is 5.92 Å². The van der Waals surface area contributed by atoms with E-state index in [1.807, 2.05) is 19.2 Å². The Labute approximate surface area is 87.7 Å². The van der Waals surface area contributed by atoms with Crippen LogP contribution in [0.2, 0.25) is 0 Å². The van der Waals surface area contributed by atoms with Crippen molar-refractivity contribution in [3.63, 3.8) is 0 Å². The van der Waals surface area contributed by atoms with Crippen molar-refractivity contribution in [1.29, 1.82) is 0 Å². The molecule has 78 valence electrons. The van der Waals surface area contributed by atoms with E-state index in [2.05, 4.69) is 4.98 Å². The van der Waals surface area contributed by atoms with Crippen LogP contribution in [0.15, 0.2) is 5.38 Å². The molecule has 4 heteroatoms. The predicted molar refractivity (Wildman–Crippen MR) is 55.3 cm³/mol. The fourth-order valence-electron chi connectivity index (χ4n) is 1.78. The van der Waals surface area contributed by atoms with E-state index in [4.69, 9.17) is 4.74 Å². The van der Waals surface area contributed by atoms with Gasteiger partial charge in [-0.1, -0.05) is 0 Å². The number of aryl methyl sites for hydroxylation is 1. The summed E-state index contributed by atoms with van der Waals surface area (Å²) in [6.07, 6.45) is 0.920. The second-order valence-electron chi connectivity index (χ2n) is 3.96. The van der Waals surface area contributed by atoms with Gasteiger partial charge in [-0.3, -0.25) is 0 Å². The van der Waals surface area contributed by atoms with Crippen LogP contribution >= 0.6 is 11.3 Å². The summed E-state index contributed by atoms with van der Waals surface area (Å²) in [5, 5.41) is 13.3. The van der Waals surface area contributed by atoms with Crippen molar-refractivity contribution in [3.05, 3.63) is 16.1 Å². The van der Waals surface area contributed by atoms with E-state index < -0.39 is 5.60 Å². The highest BCUT2D eigenvalue weighted by Gasteiger charge is 2.37. The lowest BCUT2D eigenvalue weighted by Crippen LogP contribution is -2.32. The fourth-order valence-corrected chi connectivity index (χ4v) is 2.51. The Morgan fingerprint density at radius 1 is 1.71 bits per heavy atom. The summed E-state index contributed by atoms with van der Waals surface area (Å²) in [5.74, 6) is 0.184. The van der Waals surface area contributed by atoms with Crippen LogP contribution in [0.1, 0.15) is 24.0 Å². The van der Waals surface area contributed by atoms with E-state index in [0.717, 1.165) is 23.7 Å². The van der Waals surface area contributed by atoms with E-state index in [1.165, 1.54) is 0 Å². The molecule has 1 aromatic heterocycles. The topological polar surface area (TPSA) is 42.4 Å². The van der Waals surface area contributed by atoms with Gasteiger partial charge in [-0.15, -0.1) is 11.3 Å². The zero-order chi connectivity index (χ0) is 10.2. The lowest BCUT2D eigenvalue weighted by molar-refractivity contribution is -0.0130. The Hall–Kier alpha value is -0.450. The van der Waals surface area contributed by atoms with Crippen LogP contribution in [0.4, 0.5) is 0 Å². The molecule has 2 atom stereocenters. The predicted octanol–water partition coefficient (Wildman–Crippen LogP) is 1.70. The third-order valence-electron chi connectivity index (χ3n) is 2.86. The van der Waals surface area contributed by atoms with Crippen molar-refractivity contribution in [2.75, 3.05) is 13.2 Å². The molecular formula is C10H15NO2S. The van der Waals surface area contributed by atoms with E-state index >= 15 is 0 Å². The summed E-state index contributed by atoms with van der Waals surface area (Å²) in [4.78, 5) is 4.34. The normalized spacial score (nSPS) is 26.4. The molecular weight excluding hydrogens is 198 g/mol. The quantitative estimate of drug-likeness (QED) is 0.813. The summed E-state index contributed by atoms with van der Waals surface area (Å²) >= 11 is 1.58. The molecule has 1 saturated heterocycles. The number of aromatic nitrogens is 1. The van der Waals surface area contributed by atoms with Crippen molar-refractivity contribution in [3.8, 4) is 0 Å². The molecule has 0 saturated carbocycles. The smallest absolute Gasteiger partial charge is 0.110 e. The maximum atomic E-state index is 10.4. The standard InChI is InChI=1S/C10H15NO2S/c1-7-11-9(6-14-7)10(2,12)8-3-4-13-5-8/h6,8,12H,3-5H2,1-2H3. The Morgan fingerprint density at radius 3 is 3.00 bits per heavy atom. The molecule has 2 rings (SSSR count). The Morgan fingerprint density at radius 2 is 2.50 bits per heavy atom. The molecule has 1 fully saturated rings. The van der Waals surface area contributed by atoms with E-state index in [9.17, 15) is 5.11 Å². The van der Waals surface area contributed by atoms with Crippen molar-refractivity contribution in [2.45, 2.75) is 25.9 Å². The number of hydrogen-bond donors (Lipinski definition) is 1. The van der Waals surface area contributed by atoms with Crippen LogP contribution in [0, 0.1) is 12.8 Å². The first-order valence-electron chi connectivity index (χ1n) is 4.83. The number of nitrogens with zero attached hydrogens (tertiary/aromatic N) is 1. The Bertz CT molecular complexity index is 316. The first kappa shape index (κ1) is 10.1. The van der Waals surface area contributed by atoms with Gasteiger partial charge in [0.25, 0.3) is 0 Å². The van der Waals surface area contributed by atoms with Crippen molar-refractivity contribution in [2.24, 2.45) is 5.92 Å². The Balaban J connectivity index is 2.22. The second-order valence-corrected chi connectivity index (χ2v) is 5.02. The second kappa shape index (κ2) is 3.61. The van der Waals surface area contributed by atoms with Crippen LogP contribution < -0.4 is 0 Å². The summed E-state index contributed by atoms with van der Waals surface area (Å²) in [7, 11) is 0. The molecule has 14 heavy (non-hydrogen) atoms. The summed E-state index contributed by atoms with van der Waals surface area (Å²) < 4.78 is 5.29. The van der Waals surface area contributed by atoms with Gasteiger partial charge in [0.1, 0.15) is 5.60 Å². The molecule has 1 aliphatic heterocycles. The first-order valence-corrected chi connectivity index (χ1v) is 5.71. The van der Waals surface area contributed by atoms with E-state index in [1.54, 1.807) is 11.3 Å². The summed E-state index contributed by atoms with van der Waals surface area (Å²) in [6.45, 7) is 5.18. The van der Waals surface area contributed by atoms with Crippen LogP contribution in [0.5, 0.6) is 0 Å². The van der Waals surface area contributed by atoms with Gasteiger partial charge in [-0.25, -0.2) is 4.98 Å². The van der Waals surface area contributed by atoms with Crippen molar-refractivity contribution >= 4 is 11.3 Å². The zero-order valence-electron chi connectivity index (χ0n) is 8.49. The van der Waals surface area contributed by atoms with Gasteiger partial charge in [-0.05, 0) is 20.3 Å². The molecule has 0 radical (unpaired) electrons. The third-order valence-corrected chi connectivity index (χ3v) is 3.64. The van der Waals surface area contributed by atoms with Crippen LogP contribution in [0.3, 0.4) is 0 Å². The summed E-state index contributed by atoms with van der Waals surface area (Å²) in [5.41, 5.74) is -0.0446. The van der Waals surface area contributed by atoms with Gasteiger partial charge < -0.3 is 9.84 Å². The average molecular weight is 213 g/mol. The lowest BCUT2D eigenvalue weighted by atomic mass is 9.86. The molecule has 2 unspecified atom stereocenters. The SMILES string of the molecule is Cc1nc(C(C)(O)C2CCOC2)cs1. The zero-order valence-corrected chi connectivity index (χ0v) is 9.30. The number of rotatable bonds is 2. The molecule has 2 heterocycles. The molecule has 0 aromatic carbocycles. The minimum Gasteiger partial charge on any atom is -0.383 e.